The number of anilines is 1. The van der Waals surface area contributed by atoms with Crippen molar-refractivity contribution in [1.82, 2.24) is 4.98 Å². The average Bonchev–Trinajstić information content (AvgIpc) is 2.39. The molecule has 0 aliphatic carbocycles. The summed E-state index contributed by atoms with van der Waals surface area (Å²) in [5.41, 5.74) is 0.224. The molecule has 2 heterocycles. The van der Waals surface area contributed by atoms with E-state index in [9.17, 15) is 4.39 Å². The maximum absolute atomic E-state index is 13.9. The lowest BCUT2D eigenvalue weighted by Gasteiger charge is -2.33. The van der Waals surface area contributed by atoms with Crippen LogP contribution in [0.1, 0.15) is 5.56 Å². The van der Waals surface area contributed by atoms with Gasteiger partial charge in [-0.25, -0.2) is 9.37 Å². The SMILES string of the molecule is OCc1ccnc(N2CCOC(CO)C2)c1F. The second-order valence-electron chi connectivity index (χ2n) is 3.89. The predicted octanol–water partition coefficient (Wildman–Crippen LogP) is -0.0895. The van der Waals surface area contributed by atoms with Crippen molar-refractivity contribution in [3.8, 4) is 0 Å². The monoisotopic (exact) mass is 242 g/mol. The Labute approximate surface area is 98.5 Å². The Kier molecular flexibility index (Phi) is 3.88. The van der Waals surface area contributed by atoms with Gasteiger partial charge in [0.25, 0.3) is 0 Å². The highest BCUT2D eigenvalue weighted by atomic mass is 19.1. The van der Waals surface area contributed by atoms with Crippen molar-refractivity contribution >= 4 is 5.82 Å². The summed E-state index contributed by atoms with van der Waals surface area (Å²) >= 11 is 0. The number of hydrogen-bond donors (Lipinski definition) is 2. The molecule has 0 spiro atoms. The van der Waals surface area contributed by atoms with Crippen LogP contribution in [-0.4, -0.2) is 47.6 Å². The Hall–Kier alpha value is -1.24. The molecule has 94 valence electrons. The summed E-state index contributed by atoms with van der Waals surface area (Å²) < 4.78 is 19.2. The molecule has 1 saturated heterocycles. The number of morpholine rings is 1. The second-order valence-corrected chi connectivity index (χ2v) is 3.89. The summed E-state index contributed by atoms with van der Waals surface area (Å²) in [4.78, 5) is 5.70. The van der Waals surface area contributed by atoms with Gasteiger partial charge in [-0.3, -0.25) is 0 Å². The maximum atomic E-state index is 13.9. The number of rotatable bonds is 3. The van der Waals surface area contributed by atoms with Crippen LogP contribution in [0.4, 0.5) is 10.2 Å². The second kappa shape index (κ2) is 5.39. The molecular formula is C11H15FN2O3. The molecule has 5 nitrogen and oxygen atoms in total. The standard InChI is InChI=1S/C11H15FN2O3/c12-10-8(6-15)1-2-13-11(10)14-3-4-17-9(5-14)7-16/h1-2,9,15-16H,3-7H2. The van der Waals surface area contributed by atoms with Crippen molar-refractivity contribution in [2.24, 2.45) is 0 Å². The van der Waals surface area contributed by atoms with E-state index in [1.54, 1.807) is 4.90 Å². The van der Waals surface area contributed by atoms with Crippen LogP contribution in [0, 0.1) is 5.82 Å². The van der Waals surface area contributed by atoms with E-state index in [4.69, 9.17) is 14.9 Å². The molecule has 0 saturated carbocycles. The normalized spacial score (nSPS) is 20.6. The number of aliphatic hydroxyl groups excluding tert-OH is 2. The summed E-state index contributed by atoms with van der Waals surface area (Å²) in [5, 5.41) is 18.0. The van der Waals surface area contributed by atoms with E-state index in [0.29, 0.717) is 19.7 Å². The van der Waals surface area contributed by atoms with E-state index in [1.807, 2.05) is 0 Å². The number of hydrogen-bond acceptors (Lipinski definition) is 5. The van der Waals surface area contributed by atoms with Gasteiger partial charge < -0.3 is 19.8 Å². The largest absolute Gasteiger partial charge is 0.394 e. The van der Waals surface area contributed by atoms with Gasteiger partial charge in [0.05, 0.1) is 25.9 Å². The summed E-state index contributed by atoms with van der Waals surface area (Å²) in [6.07, 6.45) is 1.15. The third-order valence-electron chi connectivity index (χ3n) is 2.76. The van der Waals surface area contributed by atoms with Gasteiger partial charge in [-0.15, -0.1) is 0 Å². The van der Waals surface area contributed by atoms with E-state index in [1.165, 1.54) is 12.3 Å². The van der Waals surface area contributed by atoms with E-state index in [2.05, 4.69) is 4.98 Å². The third kappa shape index (κ3) is 2.54. The van der Waals surface area contributed by atoms with Crippen molar-refractivity contribution in [3.63, 3.8) is 0 Å². The van der Waals surface area contributed by atoms with Gasteiger partial charge in [-0.2, -0.15) is 0 Å². The Bertz CT molecular complexity index is 389. The molecule has 2 rings (SSSR count). The van der Waals surface area contributed by atoms with Gasteiger partial charge >= 0.3 is 0 Å². The van der Waals surface area contributed by atoms with Crippen LogP contribution in [0.25, 0.3) is 0 Å². The number of pyridine rings is 1. The summed E-state index contributed by atoms with van der Waals surface area (Å²) in [7, 11) is 0. The number of ether oxygens (including phenoxy) is 1. The fraction of sp³-hybridized carbons (Fsp3) is 0.545. The maximum Gasteiger partial charge on any atom is 0.171 e. The summed E-state index contributed by atoms with van der Waals surface area (Å²) in [6, 6.07) is 1.45. The van der Waals surface area contributed by atoms with E-state index < -0.39 is 5.82 Å². The first kappa shape index (κ1) is 12.2. The first-order chi connectivity index (χ1) is 8.26. The molecule has 1 aromatic rings. The molecule has 1 aromatic heterocycles. The highest BCUT2D eigenvalue weighted by Gasteiger charge is 2.23. The minimum absolute atomic E-state index is 0.0994. The zero-order valence-corrected chi connectivity index (χ0v) is 9.34. The molecule has 1 unspecified atom stereocenters. The van der Waals surface area contributed by atoms with E-state index in [-0.39, 0.29) is 30.7 Å². The highest BCUT2D eigenvalue weighted by molar-refractivity contribution is 5.43. The molecule has 17 heavy (non-hydrogen) atoms. The topological polar surface area (TPSA) is 65.8 Å². The van der Waals surface area contributed by atoms with Crippen LogP contribution >= 0.6 is 0 Å². The number of aromatic nitrogens is 1. The van der Waals surface area contributed by atoms with Crippen LogP contribution in [0.3, 0.4) is 0 Å². The lowest BCUT2D eigenvalue weighted by Crippen LogP contribution is -2.44. The zero-order valence-electron chi connectivity index (χ0n) is 9.34. The molecule has 0 amide bonds. The number of nitrogens with zero attached hydrogens (tertiary/aromatic N) is 2. The molecule has 1 aliphatic rings. The quantitative estimate of drug-likeness (QED) is 0.775. The van der Waals surface area contributed by atoms with Gasteiger partial charge in [0.2, 0.25) is 0 Å². The van der Waals surface area contributed by atoms with Crippen molar-refractivity contribution in [2.45, 2.75) is 12.7 Å². The lowest BCUT2D eigenvalue weighted by molar-refractivity contribution is 0.00317. The average molecular weight is 242 g/mol. The van der Waals surface area contributed by atoms with Gasteiger partial charge in [-0.1, -0.05) is 0 Å². The van der Waals surface area contributed by atoms with Crippen LogP contribution < -0.4 is 4.90 Å². The van der Waals surface area contributed by atoms with Crippen molar-refractivity contribution in [1.29, 1.82) is 0 Å². The van der Waals surface area contributed by atoms with Crippen molar-refractivity contribution < 1.29 is 19.3 Å². The Morgan fingerprint density at radius 3 is 3.06 bits per heavy atom. The van der Waals surface area contributed by atoms with Crippen LogP contribution in [0.15, 0.2) is 12.3 Å². The van der Waals surface area contributed by atoms with E-state index >= 15 is 0 Å². The van der Waals surface area contributed by atoms with Gasteiger partial charge in [0.1, 0.15) is 0 Å². The lowest BCUT2D eigenvalue weighted by atomic mass is 10.2. The first-order valence-corrected chi connectivity index (χ1v) is 5.48. The van der Waals surface area contributed by atoms with E-state index in [0.717, 1.165) is 0 Å². The van der Waals surface area contributed by atoms with Gasteiger partial charge in [-0.05, 0) is 6.07 Å². The molecule has 0 bridgehead atoms. The van der Waals surface area contributed by atoms with Gasteiger partial charge in [0, 0.05) is 24.8 Å². The highest BCUT2D eigenvalue weighted by Crippen LogP contribution is 2.21. The molecule has 1 aliphatic heterocycles. The third-order valence-corrected chi connectivity index (χ3v) is 2.76. The number of halogens is 1. The molecule has 6 heteroatoms. The molecule has 0 aromatic carbocycles. The van der Waals surface area contributed by atoms with Crippen LogP contribution in [0.5, 0.6) is 0 Å². The Balaban J connectivity index is 2.21. The first-order valence-electron chi connectivity index (χ1n) is 5.48. The smallest absolute Gasteiger partial charge is 0.171 e. The minimum atomic E-state index is -0.506. The fourth-order valence-electron chi connectivity index (χ4n) is 1.84. The predicted molar refractivity (Wildman–Crippen MR) is 59.2 cm³/mol. The zero-order chi connectivity index (χ0) is 12.3. The summed E-state index contributed by atoms with van der Waals surface area (Å²) in [5.74, 6) is -0.299. The van der Waals surface area contributed by atoms with Crippen LogP contribution in [-0.2, 0) is 11.3 Å². The molecule has 0 radical (unpaired) electrons. The molecule has 1 atom stereocenters. The number of aliphatic hydroxyl groups is 2. The minimum Gasteiger partial charge on any atom is -0.394 e. The molecule has 1 fully saturated rings. The van der Waals surface area contributed by atoms with Gasteiger partial charge in [0.15, 0.2) is 11.6 Å². The van der Waals surface area contributed by atoms with Crippen molar-refractivity contribution in [3.05, 3.63) is 23.6 Å². The summed E-state index contributed by atoms with van der Waals surface area (Å²) in [6.45, 7) is 0.896. The molecule has 2 N–H and O–H groups in total. The Morgan fingerprint density at radius 2 is 2.35 bits per heavy atom. The van der Waals surface area contributed by atoms with Crippen molar-refractivity contribution in [2.75, 3.05) is 31.2 Å². The molecular weight excluding hydrogens is 227 g/mol. The van der Waals surface area contributed by atoms with Crippen LogP contribution in [0.2, 0.25) is 0 Å². The Morgan fingerprint density at radius 1 is 1.53 bits per heavy atom. The fourth-order valence-corrected chi connectivity index (χ4v) is 1.84.